The van der Waals surface area contributed by atoms with Gasteiger partial charge in [-0.2, -0.15) is 5.10 Å². The highest BCUT2D eigenvalue weighted by atomic mass is 16.5. The summed E-state index contributed by atoms with van der Waals surface area (Å²) in [6.07, 6.45) is 0.776. The van der Waals surface area contributed by atoms with Gasteiger partial charge in [-0.25, -0.2) is 4.68 Å². The summed E-state index contributed by atoms with van der Waals surface area (Å²) in [4.78, 5) is 0. The lowest BCUT2D eigenvalue weighted by Crippen LogP contribution is -2.05. The van der Waals surface area contributed by atoms with Gasteiger partial charge in [-0.1, -0.05) is 19.9 Å². The van der Waals surface area contributed by atoms with Gasteiger partial charge in [0.05, 0.1) is 5.69 Å². The third kappa shape index (κ3) is 3.27. The molecule has 0 aliphatic heterocycles. The topological polar surface area (TPSA) is 53.1 Å². The Morgan fingerprint density at radius 1 is 1.29 bits per heavy atom. The lowest BCUT2D eigenvalue weighted by atomic mass is 9.98. The lowest BCUT2D eigenvalue weighted by molar-refractivity contribution is 0.425. The van der Waals surface area contributed by atoms with E-state index in [0.29, 0.717) is 12.5 Å². The van der Waals surface area contributed by atoms with Crippen molar-refractivity contribution in [3.63, 3.8) is 0 Å². The summed E-state index contributed by atoms with van der Waals surface area (Å²) in [5.41, 5.74) is 10.4. The fourth-order valence-electron chi connectivity index (χ4n) is 2.71. The third-order valence-corrected chi connectivity index (χ3v) is 3.76. The molecule has 0 bridgehead atoms. The molecule has 0 radical (unpaired) electrons. The van der Waals surface area contributed by atoms with Crippen molar-refractivity contribution < 1.29 is 4.74 Å². The maximum atomic E-state index is 6.07. The van der Waals surface area contributed by atoms with Gasteiger partial charge < -0.3 is 10.5 Å². The summed E-state index contributed by atoms with van der Waals surface area (Å²) in [5, 5.41) is 4.43. The van der Waals surface area contributed by atoms with E-state index < -0.39 is 0 Å². The van der Waals surface area contributed by atoms with E-state index in [1.165, 1.54) is 11.1 Å². The Kier molecular flexibility index (Phi) is 4.68. The van der Waals surface area contributed by atoms with Gasteiger partial charge in [0.25, 0.3) is 0 Å². The SMILES string of the molecule is Cc1cc(Oc2c(CCN)c(C)nn2C)ccc1C(C)C. The highest BCUT2D eigenvalue weighted by molar-refractivity contribution is 5.40. The molecule has 0 saturated carbocycles. The average Bonchev–Trinajstić information content (AvgIpc) is 2.66. The van der Waals surface area contributed by atoms with Crippen LogP contribution in [0.15, 0.2) is 18.2 Å². The van der Waals surface area contributed by atoms with E-state index in [1.807, 2.05) is 20.0 Å². The Balaban J connectivity index is 2.32. The van der Waals surface area contributed by atoms with Crippen LogP contribution in [0.5, 0.6) is 11.6 Å². The van der Waals surface area contributed by atoms with Crippen LogP contribution in [0.25, 0.3) is 0 Å². The van der Waals surface area contributed by atoms with Gasteiger partial charge in [-0.15, -0.1) is 0 Å². The fourth-order valence-corrected chi connectivity index (χ4v) is 2.71. The third-order valence-electron chi connectivity index (χ3n) is 3.76. The zero-order chi connectivity index (χ0) is 15.6. The molecule has 1 aromatic heterocycles. The summed E-state index contributed by atoms with van der Waals surface area (Å²) in [5.74, 6) is 2.15. The molecule has 4 heteroatoms. The van der Waals surface area contributed by atoms with Gasteiger partial charge in [0, 0.05) is 12.6 Å². The molecule has 2 N–H and O–H groups in total. The average molecular weight is 287 g/mol. The molecule has 0 fully saturated rings. The van der Waals surface area contributed by atoms with Crippen molar-refractivity contribution in [2.45, 2.75) is 40.0 Å². The molecular weight excluding hydrogens is 262 g/mol. The van der Waals surface area contributed by atoms with E-state index in [0.717, 1.165) is 29.3 Å². The molecular formula is C17H25N3O. The molecule has 1 aromatic carbocycles. The molecule has 21 heavy (non-hydrogen) atoms. The largest absolute Gasteiger partial charge is 0.439 e. The normalized spacial score (nSPS) is 11.2. The van der Waals surface area contributed by atoms with Crippen LogP contribution in [0.1, 0.15) is 42.1 Å². The van der Waals surface area contributed by atoms with Gasteiger partial charge in [-0.05, 0) is 56.0 Å². The zero-order valence-electron chi connectivity index (χ0n) is 13.6. The van der Waals surface area contributed by atoms with Crippen LogP contribution in [-0.2, 0) is 13.5 Å². The molecule has 0 aliphatic rings. The van der Waals surface area contributed by atoms with Crippen LogP contribution >= 0.6 is 0 Å². The second-order valence-corrected chi connectivity index (χ2v) is 5.81. The van der Waals surface area contributed by atoms with Crippen molar-refractivity contribution >= 4 is 0 Å². The number of aromatic nitrogens is 2. The first-order valence-electron chi connectivity index (χ1n) is 7.45. The summed E-state index contributed by atoms with van der Waals surface area (Å²) < 4.78 is 7.86. The van der Waals surface area contributed by atoms with Crippen LogP contribution in [0.4, 0.5) is 0 Å². The van der Waals surface area contributed by atoms with Crippen molar-refractivity contribution in [1.29, 1.82) is 0 Å². The highest BCUT2D eigenvalue weighted by Crippen LogP contribution is 2.30. The van der Waals surface area contributed by atoms with Crippen LogP contribution in [-0.4, -0.2) is 16.3 Å². The van der Waals surface area contributed by atoms with Gasteiger partial charge in [0.1, 0.15) is 5.75 Å². The molecule has 0 spiro atoms. The summed E-state index contributed by atoms with van der Waals surface area (Å²) >= 11 is 0. The van der Waals surface area contributed by atoms with E-state index in [9.17, 15) is 0 Å². The zero-order valence-corrected chi connectivity index (χ0v) is 13.6. The molecule has 0 saturated heterocycles. The number of rotatable bonds is 5. The Bertz CT molecular complexity index is 629. The van der Waals surface area contributed by atoms with Gasteiger partial charge in [0.15, 0.2) is 0 Å². The second kappa shape index (κ2) is 6.31. The first kappa shape index (κ1) is 15.6. The summed E-state index contributed by atoms with van der Waals surface area (Å²) in [6, 6.07) is 6.25. The van der Waals surface area contributed by atoms with E-state index in [1.54, 1.807) is 4.68 Å². The minimum atomic E-state index is 0.519. The number of hydrogen-bond acceptors (Lipinski definition) is 3. The fraction of sp³-hybridized carbons (Fsp3) is 0.471. The maximum Gasteiger partial charge on any atom is 0.221 e. The molecule has 4 nitrogen and oxygen atoms in total. The highest BCUT2D eigenvalue weighted by Gasteiger charge is 2.15. The van der Waals surface area contributed by atoms with Gasteiger partial charge in [-0.3, -0.25) is 0 Å². The summed E-state index contributed by atoms with van der Waals surface area (Å²) in [6.45, 7) is 9.11. The van der Waals surface area contributed by atoms with Crippen molar-refractivity contribution in [2.24, 2.45) is 12.8 Å². The molecule has 0 aliphatic carbocycles. The van der Waals surface area contributed by atoms with E-state index in [4.69, 9.17) is 10.5 Å². The molecule has 0 amide bonds. The smallest absolute Gasteiger partial charge is 0.221 e. The molecule has 0 unspecified atom stereocenters. The van der Waals surface area contributed by atoms with Crippen molar-refractivity contribution in [3.8, 4) is 11.6 Å². The molecule has 114 valence electrons. The minimum absolute atomic E-state index is 0.519. The predicted octanol–water partition coefficient (Wildman–Crippen LogP) is 3.45. The quantitative estimate of drug-likeness (QED) is 0.916. The molecule has 0 atom stereocenters. The Morgan fingerprint density at radius 3 is 2.57 bits per heavy atom. The Labute approximate surface area is 126 Å². The van der Waals surface area contributed by atoms with E-state index in [2.05, 4.69) is 38.0 Å². The standard InChI is InChI=1S/C17H25N3O/c1-11(2)15-7-6-14(10-12(15)3)21-17-16(8-9-18)13(4)19-20(17)5/h6-7,10-11H,8-9,18H2,1-5H3. The Hall–Kier alpha value is -1.81. The van der Waals surface area contributed by atoms with Crippen molar-refractivity contribution in [1.82, 2.24) is 9.78 Å². The molecule has 2 aromatic rings. The number of nitrogens with two attached hydrogens (primary N) is 1. The van der Waals surface area contributed by atoms with Crippen molar-refractivity contribution in [3.05, 3.63) is 40.6 Å². The number of ether oxygens (including phenoxy) is 1. The van der Waals surface area contributed by atoms with Crippen molar-refractivity contribution in [2.75, 3.05) is 6.54 Å². The first-order valence-corrected chi connectivity index (χ1v) is 7.45. The summed E-state index contributed by atoms with van der Waals surface area (Å²) in [7, 11) is 1.90. The number of aryl methyl sites for hydroxylation is 3. The number of benzene rings is 1. The van der Waals surface area contributed by atoms with Crippen LogP contribution < -0.4 is 10.5 Å². The van der Waals surface area contributed by atoms with Gasteiger partial charge >= 0.3 is 0 Å². The minimum Gasteiger partial charge on any atom is -0.439 e. The first-order chi connectivity index (χ1) is 9.93. The predicted molar refractivity (Wildman–Crippen MR) is 86.0 cm³/mol. The van der Waals surface area contributed by atoms with Gasteiger partial charge in [0.2, 0.25) is 5.88 Å². The molecule has 1 heterocycles. The second-order valence-electron chi connectivity index (χ2n) is 5.81. The van der Waals surface area contributed by atoms with E-state index >= 15 is 0 Å². The van der Waals surface area contributed by atoms with Crippen LogP contribution in [0.3, 0.4) is 0 Å². The monoisotopic (exact) mass is 287 g/mol. The lowest BCUT2D eigenvalue weighted by Gasteiger charge is -2.13. The Morgan fingerprint density at radius 2 is 2.00 bits per heavy atom. The number of hydrogen-bond donors (Lipinski definition) is 1. The van der Waals surface area contributed by atoms with Crippen LogP contribution in [0.2, 0.25) is 0 Å². The van der Waals surface area contributed by atoms with E-state index in [-0.39, 0.29) is 0 Å². The van der Waals surface area contributed by atoms with Crippen LogP contribution in [0, 0.1) is 13.8 Å². The maximum absolute atomic E-state index is 6.07. The number of nitrogens with zero attached hydrogens (tertiary/aromatic N) is 2. The molecule has 2 rings (SSSR count).